The molecule has 4 nitrogen and oxygen atoms in total. The Kier molecular flexibility index (Phi) is 7.24. The molecule has 0 atom stereocenters. The van der Waals surface area contributed by atoms with Gasteiger partial charge >= 0.3 is 0 Å². The van der Waals surface area contributed by atoms with Crippen LogP contribution in [0.4, 0.5) is 0 Å². The summed E-state index contributed by atoms with van der Waals surface area (Å²) in [5.41, 5.74) is 0.619. The van der Waals surface area contributed by atoms with Gasteiger partial charge in [0, 0.05) is 32.6 Å². The Balaban J connectivity index is 0.00000192. The number of aliphatic imine (C=N–C) groups is 1. The van der Waals surface area contributed by atoms with Gasteiger partial charge in [0.2, 0.25) is 0 Å². The lowest BCUT2D eigenvalue weighted by Crippen LogP contribution is -2.43. The Morgan fingerprint density at radius 3 is 2.87 bits per heavy atom. The molecule has 2 fully saturated rings. The fourth-order valence-electron chi connectivity index (χ4n) is 3.56. The van der Waals surface area contributed by atoms with Crippen molar-refractivity contribution in [2.45, 2.75) is 51.9 Å². The third-order valence-electron chi connectivity index (χ3n) is 5.16. The van der Waals surface area contributed by atoms with E-state index in [1.54, 1.807) is 6.26 Å². The number of guanidine groups is 1. The van der Waals surface area contributed by atoms with Gasteiger partial charge in [-0.3, -0.25) is 4.99 Å². The number of hydrogen-bond donors (Lipinski definition) is 1. The van der Waals surface area contributed by atoms with Crippen LogP contribution in [0, 0.1) is 5.41 Å². The van der Waals surface area contributed by atoms with E-state index in [9.17, 15) is 0 Å². The smallest absolute Gasteiger partial charge is 0.193 e. The molecule has 2 aliphatic rings. The van der Waals surface area contributed by atoms with Crippen LogP contribution < -0.4 is 5.32 Å². The van der Waals surface area contributed by atoms with Gasteiger partial charge in [-0.05, 0) is 43.2 Å². The molecule has 1 aliphatic carbocycles. The van der Waals surface area contributed by atoms with Crippen molar-refractivity contribution in [1.29, 1.82) is 0 Å². The van der Waals surface area contributed by atoms with Crippen LogP contribution in [-0.4, -0.2) is 37.0 Å². The van der Waals surface area contributed by atoms with Crippen LogP contribution in [0.1, 0.15) is 51.2 Å². The van der Waals surface area contributed by atoms with Crippen LogP contribution in [-0.2, 0) is 6.42 Å². The first kappa shape index (κ1) is 18.6. The standard InChI is InChI=1S/C18H29N3O.HI/c1-2-3-11-19-17(20-12-7-16-6-4-14-22-16)21-13-10-18(15-21)8-5-9-18;/h4,6,14H,2-3,5,7-13,15H2,1H3,(H,19,20);1H. The molecule has 0 aromatic carbocycles. The Morgan fingerprint density at radius 2 is 2.26 bits per heavy atom. The fourth-order valence-corrected chi connectivity index (χ4v) is 3.56. The van der Waals surface area contributed by atoms with Crippen LogP contribution >= 0.6 is 24.0 Å². The Hall–Kier alpha value is -0.720. The lowest BCUT2D eigenvalue weighted by molar-refractivity contribution is 0.151. The molecule has 0 unspecified atom stereocenters. The van der Waals surface area contributed by atoms with Gasteiger partial charge in [-0.2, -0.15) is 0 Å². The SMILES string of the molecule is CCCCN=C(NCCc1ccco1)N1CCC2(CCC2)C1.I. The Bertz CT molecular complexity index is 482. The van der Waals surface area contributed by atoms with E-state index >= 15 is 0 Å². The normalized spacial score (nSPS) is 19.5. The van der Waals surface area contributed by atoms with E-state index in [0.717, 1.165) is 31.2 Å². The molecule has 1 aliphatic heterocycles. The maximum Gasteiger partial charge on any atom is 0.193 e. The summed E-state index contributed by atoms with van der Waals surface area (Å²) in [4.78, 5) is 7.32. The van der Waals surface area contributed by atoms with Crippen molar-refractivity contribution in [3.05, 3.63) is 24.2 Å². The molecule has 130 valence electrons. The van der Waals surface area contributed by atoms with Crippen molar-refractivity contribution >= 4 is 29.9 Å². The second-order valence-corrected chi connectivity index (χ2v) is 6.84. The molecule has 0 amide bonds. The summed E-state index contributed by atoms with van der Waals surface area (Å²) < 4.78 is 5.41. The summed E-state index contributed by atoms with van der Waals surface area (Å²) in [7, 11) is 0. The minimum absolute atomic E-state index is 0. The van der Waals surface area contributed by atoms with Gasteiger partial charge in [-0.1, -0.05) is 19.8 Å². The number of furan rings is 1. The lowest BCUT2D eigenvalue weighted by atomic mass is 9.68. The highest BCUT2D eigenvalue weighted by Crippen LogP contribution is 2.47. The Morgan fingerprint density at radius 1 is 1.39 bits per heavy atom. The number of nitrogens with zero attached hydrogens (tertiary/aromatic N) is 2. The van der Waals surface area contributed by atoms with Crippen LogP contribution in [0.25, 0.3) is 0 Å². The fraction of sp³-hybridized carbons (Fsp3) is 0.722. The lowest BCUT2D eigenvalue weighted by Gasteiger charge is -2.38. The van der Waals surface area contributed by atoms with Gasteiger partial charge in [0.1, 0.15) is 5.76 Å². The number of hydrogen-bond acceptors (Lipinski definition) is 2. The molecule has 23 heavy (non-hydrogen) atoms. The number of likely N-dealkylation sites (tertiary alicyclic amines) is 1. The molecular formula is C18H30IN3O. The van der Waals surface area contributed by atoms with Crippen LogP contribution in [0.15, 0.2) is 27.8 Å². The quantitative estimate of drug-likeness (QED) is 0.320. The summed E-state index contributed by atoms with van der Waals surface area (Å²) in [6, 6.07) is 3.99. The van der Waals surface area contributed by atoms with Gasteiger partial charge in [0.25, 0.3) is 0 Å². The predicted molar refractivity (Wildman–Crippen MR) is 106 cm³/mol. The molecule has 2 heterocycles. The van der Waals surface area contributed by atoms with Crippen molar-refractivity contribution in [2.75, 3.05) is 26.2 Å². The van der Waals surface area contributed by atoms with Gasteiger partial charge in [-0.15, -0.1) is 24.0 Å². The molecule has 1 aromatic heterocycles. The molecule has 0 bridgehead atoms. The molecule has 1 saturated carbocycles. The monoisotopic (exact) mass is 431 g/mol. The molecule has 0 radical (unpaired) electrons. The first-order valence-corrected chi connectivity index (χ1v) is 8.87. The van der Waals surface area contributed by atoms with Gasteiger partial charge in [0.05, 0.1) is 6.26 Å². The van der Waals surface area contributed by atoms with E-state index in [-0.39, 0.29) is 24.0 Å². The third kappa shape index (κ3) is 4.88. The molecule has 1 saturated heterocycles. The van der Waals surface area contributed by atoms with E-state index < -0.39 is 0 Å². The number of halogens is 1. The summed E-state index contributed by atoms with van der Waals surface area (Å²) in [6.07, 6.45) is 10.6. The maximum absolute atomic E-state index is 5.41. The highest BCUT2D eigenvalue weighted by molar-refractivity contribution is 14.0. The predicted octanol–water partition coefficient (Wildman–Crippen LogP) is 4.06. The van der Waals surface area contributed by atoms with Crippen LogP contribution in [0.5, 0.6) is 0 Å². The van der Waals surface area contributed by atoms with Crippen LogP contribution in [0.3, 0.4) is 0 Å². The average Bonchev–Trinajstić information content (AvgIpc) is 3.15. The molecule has 1 aromatic rings. The molecular weight excluding hydrogens is 401 g/mol. The number of unbranched alkanes of at least 4 members (excludes halogenated alkanes) is 1. The zero-order valence-corrected chi connectivity index (χ0v) is 16.6. The molecule has 1 spiro atoms. The van der Waals surface area contributed by atoms with E-state index in [2.05, 4.69) is 17.1 Å². The second-order valence-electron chi connectivity index (χ2n) is 6.84. The second kappa shape index (κ2) is 8.94. The maximum atomic E-state index is 5.41. The first-order chi connectivity index (χ1) is 10.8. The van der Waals surface area contributed by atoms with Crippen molar-refractivity contribution < 1.29 is 4.42 Å². The average molecular weight is 431 g/mol. The van der Waals surface area contributed by atoms with E-state index in [1.807, 2.05) is 12.1 Å². The summed E-state index contributed by atoms with van der Waals surface area (Å²) >= 11 is 0. The highest BCUT2D eigenvalue weighted by atomic mass is 127. The van der Waals surface area contributed by atoms with E-state index in [1.165, 1.54) is 51.6 Å². The van der Waals surface area contributed by atoms with Crippen molar-refractivity contribution in [2.24, 2.45) is 10.4 Å². The number of rotatable bonds is 6. The summed E-state index contributed by atoms with van der Waals surface area (Å²) in [6.45, 7) is 6.41. The molecule has 1 N–H and O–H groups in total. The minimum atomic E-state index is 0. The topological polar surface area (TPSA) is 40.8 Å². The van der Waals surface area contributed by atoms with Crippen LogP contribution in [0.2, 0.25) is 0 Å². The largest absolute Gasteiger partial charge is 0.469 e. The van der Waals surface area contributed by atoms with Gasteiger partial charge in [-0.25, -0.2) is 0 Å². The summed E-state index contributed by atoms with van der Waals surface area (Å²) in [5, 5.41) is 3.56. The molecule has 3 rings (SSSR count). The third-order valence-corrected chi connectivity index (χ3v) is 5.16. The van der Waals surface area contributed by atoms with Gasteiger partial charge < -0.3 is 14.6 Å². The van der Waals surface area contributed by atoms with Crippen molar-refractivity contribution in [3.63, 3.8) is 0 Å². The van der Waals surface area contributed by atoms with Crippen molar-refractivity contribution in [3.8, 4) is 0 Å². The first-order valence-electron chi connectivity index (χ1n) is 8.87. The van der Waals surface area contributed by atoms with E-state index in [0.29, 0.717) is 5.41 Å². The summed E-state index contributed by atoms with van der Waals surface area (Å²) in [5.74, 6) is 2.15. The number of nitrogens with one attached hydrogen (secondary N) is 1. The molecule has 5 heteroatoms. The zero-order valence-electron chi connectivity index (χ0n) is 14.2. The minimum Gasteiger partial charge on any atom is -0.469 e. The Labute approximate surface area is 157 Å². The zero-order chi connectivity index (χ0) is 15.3. The highest BCUT2D eigenvalue weighted by Gasteiger charge is 2.43. The van der Waals surface area contributed by atoms with Gasteiger partial charge in [0.15, 0.2) is 5.96 Å². The van der Waals surface area contributed by atoms with Crippen molar-refractivity contribution in [1.82, 2.24) is 10.2 Å². The van der Waals surface area contributed by atoms with E-state index in [4.69, 9.17) is 9.41 Å².